The topological polar surface area (TPSA) is 81.2 Å². The lowest BCUT2D eigenvalue weighted by Crippen LogP contribution is -2.37. The predicted molar refractivity (Wildman–Crippen MR) is 81.6 cm³/mol. The van der Waals surface area contributed by atoms with E-state index in [1.807, 2.05) is 17.5 Å². The lowest BCUT2D eigenvalue weighted by Gasteiger charge is -2.25. The molecule has 6 heteroatoms. The SMILES string of the molecule is NC1CCCC(C(=O)NCc2coc(-c3cccs3)n2)C1. The van der Waals surface area contributed by atoms with E-state index in [1.165, 1.54) is 0 Å². The molecule has 0 aromatic carbocycles. The van der Waals surface area contributed by atoms with Crippen LogP contribution in [0.1, 0.15) is 31.4 Å². The molecule has 1 saturated carbocycles. The Hall–Kier alpha value is -1.66. The molecule has 0 saturated heterocycles. The zero-order valence-corrected chi connectivity index (χ0v) is 12.6. The maximum Gasteiger partial charge on any atom is 0.236 e. The maximum atomic E-state index is 12.1. The van der Waals surface area contributed by atoms with Crippen LogP contribution in [0.3, 0.4) is 0 Å². The van der Waals surface area contributed by atoms with Gasteiger partial charge in [0, 0.05) is 12.0 Å². The van der Waals surface area contributed by atoms with Gasteiger partial charge in [0.2, 0.25) is 11.8 Å². The van der Waals surface area contributed by atoms with Crippen molar-refractivity contribution in [3.05, 3.63) is 29.5 Å². The lowest BCUT2D eigenvalue weighted by molar-refractivity contribution is -0.126. The smallest absolute Gasteiger partial charge is 0.236 e. The summed E-state index contributed by atoms with van der Waals surface area (Å²) < 4.78 is 5.43. The summed E-state index contributed by atoms with van der Waals surface area (Å²) in [5.74, 6) is 0.720. The van der Waals surface area contributed by atoms with E-state index in [0.29, 0.717) is 12.4 Å². The third-order valence-corrected chi connectivity index (χ3v) is 4.67. The Kier molecular flexibility index (Phi) is 4.36. The maximum absolute atomic E-state index is 12.1. The van der Waals surface area contributed by atoms with Crippen molar-refractivity contribution < 1.29 is 9.21 Å². The number of nitrogens with zero attached hydrogens (tertiary/aromatic N) is 1. The zero-order chi connectivity index (χ0) is 14.7. The lowest BCUT2D eigenvalue weighted by atomic mass is 9.85. The molecular formula is C15H19N3O2S. The summed E-state index contributed by atoms with van der Waals surface area (Å²) in [7, 11) is 0. The van der Waals surface area contributed by atoms with Crippen molar-refractivity contribution in [2.75, 3.05) is 0 Å². The number of nitrogens with two attached hydrogens (primary N) is 1. The van der Waals surface area contributed by atoms with E-state index < -0.39 is 0 Å². The van der Waals surface area contributed by atoms with E-state index in [0.717, 1.165) is 36.3 Å². The third-order valence-electron chi connectivity index (χ3n) is 3.81. The summed E-state index contributed by atoms with van der Waals surface area (Å²) in [6, 6.07) is 4.08. The molecule has 112 valence electrons. The van der Waals surface area contributed by atoms with Gasteiger partial charge in [-0.2, -0.15) is 0 Å². The molecule has 1 fully saturated rings. The second-order valence-electron chi connectivity index (χ2n) is 5.46. The van der Waals surface area contributed by atoms with Crippen LogP contribution in [0, 0.1) is 5.92 Å². The number of amides is 1. The second-order valence-corrected chi connectivity index (χ2v) is 6.41. The van der Waals surface area contributed by atoms with E-state index in [4.69, 9.17) is 10.2 Å². The highest BCUT2D eigenvalue weighted by molar-refractivity contribution is 7.13. The van der Waals surface area contributed by atoms with E-state index in [-0.39, 0.29) is 17.9 Å². The Balaban J connectivity index is 1.54. The molecule has 1 aliphatic rings. The first kappa shape index (κ1) is 14.3. The molecule has 2 aromatic rings. The minimum absolute atomic E-state index is 0.0393. The van der Waals surface area contributed by atoms with E-state index in [9.17, 15) is 4.79 Å². The zero-order valence-electron chi connectivity index (χ0n) is 11.7. The van der Waals surface area contributed by atoms with Crippen molar-refractivity contribution in [2.24, 2.45) is 11.7 Å². The molecule has 1 aliphatic carbocycles. The monoisotopic (exact) mass is 305 g/mol. The number of carbonyl (C=O) groups is 1. The predicted octanol–water partition coefficient (Wildman–Crippen LogP) is 2.54. The summed E-state index contributed by atoms with van der Waals surface area (Å²) >= 11 is 1.58. The van der Waals surface area contributed by atoms with Crippen molar-refractivity contribution in [1.82, 2.24) is 10.3 Å². The first-order chi connectivity index (χ1) is 10.2. The highest BCUT2D eigenvalue weighted by Gasteiger charge is 2.25. The highest BCUT2D eigenvalue weighted by atomic mass is 32.1. The Morgan fingerprint density at radius 1 is 1.52 bits per heavy atom. The molecule has 21 heavy (non-hydrogen) atoms. The number of hydrogen-bond donors (Lipinski definition) is 2. The standard InChI is InChI=1S/C15H19N3O2S/c16-11-4-1-3-10(7-11)14(19)17-8-12-9-20-15(18-12)13-5-2-6-21-13/h2,5-6,9-11H,1,3-4,7-8,16H2,(H,17,19). The van der Waals surface area contributed by atoms with Gasteiger partial charge in [0.15, 0.2) is 0 Å². The average molecular weight is 305 g/mol. The molecular weight excluding hydrogens is 286 g/mol. The van der Waals surface area contributed by atoms with Crippen LogP contribution in [0.25, 0.3) is 10.8 Å². The van der Waals surface area contributed by atoms with Gasteiger partial charge in [0.25, 0.3) is 0 Å². The molecule has 2 aromatic heterocycles. The minimum Gasteiger partial charge on any atom is -0.443 e. The fourth-order valence-corrected chi connectivity index (χ4v) is 3.34. The van der Waals surface area contributed by atoms with Gasteiger partial charge >= 0.3 is 0 Å². The molecule has 3 rings (SSSR count). The minimum atomic E-state index is 0.0393. The fourth-order valence-electron chi connectivity index (χ4n) is 2.69. The van der Waals surface area contributed by atoms with Crippen molar-refractivity contribution in [2.45, 2.75) is 38.3 Å². The van der Waals surface area contributed by atoms with Crippen LogP contribution in [0.5, 0.6) is 0 Å². The van der Waals surface area contributed by atoms with E-state index in [1.54, 1.807) is 17.6 Å². The molecule has 0 aliphatic heterocycles. The van der Waals surface area contributed by atoms with Crippen LogP contribution < -0.4 is 11.1 Å². The average Bonchev–Trinajstić information content (AvgIpc) is 3.15. The van der Waals surface area contributed by atoms with Crippen LogP contribution in [-0.2, 0) is 11.3 Å². The number of aromatic nitrogens is 1. The first-order valence-corrected chi connectivity index (χ1v) is 8.12. The molecule has 3 N–H and O–H groups in total. The highest BCUT2D eigenvalue weighted by Crippen LogP contribution is 2.24. The molecule has 5 nitrogen and oxygen atoms in total. The molecule has 2 heterocycles. The fraction of sp³-hybridized carbons (Fsp3) is 0.467. The first-order valence-electron chi connectivity index (χ1n) is 7.24. The molecule has 1 amide bonds. The summed E-state index contributed by atoms with van der Waals surface area (Å²) in [6.07, 6.45) is 5.37. The summed E-state index contributed by atoms with van der Waals surface area (Å²) in [4.78, 5) is 17.5. The van der Waals surface area contributed by atoms with E-state index in [2.05, 4.69) is 10.3 Å². The number of hydrogen-bond acceptors (Lipinski definition) is 5. The van der Waals surface area contributed by atoms with Crippen molar-refractivity contribution in [3.8, 4) is 10.8 Å². The molecule has 0 spiro atoms. The van der Waals surface area contributed by atoms with Gasteiger partial charge in [-0.15, -0.1) is 11.3 Å². The Morgan fingerprint density at radius 2 is 2.43 bits per heavy atom. The van der Waals surface area contributed by atoms with Gasteiger partial charge in [-0.05, 0) is 30.7 Å². The number of rotatable bonds is 4. The second kappa shape index (κ2) is 6.41. The normalized spacial score (nSPS) is 22.1. The van der Waals surface area contributed by atoms with Crippen LogP contribution in [0.15, 0.2) is 28.2 Å². The Labute approximate surface area is 127 Å². The number of oxazole rings is 1. The summed E-state index contributed by atoms with van der Waals surface area (Å²) in [5, 5.41) is 4.91. The molecule has 0 radical (unpaired) electrons. The van der Waals surface area contributed by atoms with Crippen molar-refractivity contribution in [3.63, 3.8) is 0 Å². The van der Waals surface area contributed by atoms with Crippen molar-refractivity contribution in [1.29, 1.82) is 0 Å². The Morgan fingerprint density at radius 3 is 3.19 bits per heavy atom. The number of thiophene rings is 1. The van der Waals surface area contributed by atoms with Crippen LogP contribution >= 0.6 is 11.3 Å². The van der Waals surface area contributed by atoms with Crippen molar-refractivity contribution >= 4 is 17.2 Å². The molecule has 0 bridgehead atoms. The number of nitrogens with one attached hydrogen (secondary N) is 1. The van der Waals surface area contributed by atoms with Gasteiger partial charge in [0.05, 0.1) is 17.1 Å². The van der Waals surface area contributed by atoms with E-state index >= 15 is 0 Å². The van der Waals surface area contributed by atoms with Gasteiger partial charge in [0.1, 0.15) is 6.26 Å². The summed E-state index contributed by atoms with van der Waals surface area (Å²) in [6.45, 7) is 0.402. The molecule has 2 unspecified atom stereocenters. The van der Waals surface area contributed by atoms with Gasteiger partial charge < -0.3 is 15.5 Å². The summed E-state index contributed by atoms with van der Waals surface area (Å²) in [5.41, 5.74) is 6.66. The van der Waals surface area contributed by atoms with Crippen LogP contribution in [-0.4, -0.2) is 16.9 Å². The van der Waals surface area contributed by atoms with Gasteiger partial charge in [-0.1, -0.05) is 12.5 Å². The molecule has 2 atom stereocenters. The van der Waals surface area contributed by atoms with Crippen LogP contribution in [0.2, 0.25) is 0 Å². The largest absolute Gasteiger partial charge is 0.443 e. The quantitative estimate of drug-likeness (QED) is 0.909. The van der Waals surface area contributed by atoms with Gasteiger partial charge in [-0.25, -0.2) is 4.98 Å². The number of carbonyl (C=O) groups excluding carboxylic acids is 1. The third kappa shape index (κ3) is 3.51. The van der Waals surface area contributed by atoms with Gasteiger partial charge in [-0.3, -0.25) is 4.79 Å². The Bertz CT molecular complexity index is 594. The van der Waals surface area contributed by atoms with Crippen LogP contribution in [0.4, 0.5) is 0 Å².